The topological polar surface area (TPSA) is 9.23 Å². The minimum atomic E-state index is -0.205. The van der Waals surface area contributed by atoms with Crippen LogP contribution in [0.3, 0.4) is 0 Å². The third-order valence-corrected chi connectivity index (χ3v) is 6.15. The van der Waals surface area contributed by atoms with Crippen molar-refractivity contribution in [3.05, 3.63) is 46.5 Å². The van der Waals surface area contributed by atoms with Gasteiger partial charge in [-0.05, 0) is 73.9 Å². The summed E-state index contributed by atoms with van der Waals surface area (Å²) in [6, 6.07) is 4.98. The van der Waals surface area contributed by atoms with Crippen molar-refractivity contribution in [2.45, 2.75) is 103 Å². The predicted octanol–water partition coefficient (Wildman–Crippen LogP) is 6.96. The first kappa shape index (κ1) is 18.7. The maximum absolute atomic E-state index is 6.40. The maximum Gasteiger partial charge on any atom is 0.111 e. The molecule has 138 valence electrons. The molecule has 2 bridgehead atoms. The first-order valence-corrected chi connectivity index (χ1v) is 10.6. The zero-order chi connectivity index (χ0) is 17.9. The molecule has 2 aliphatic heterocycles. The molecule has 2 heterocycles. The van der Waals surface area contributed by atoms with Gasteiger partial charge in [-0.3, -0.25) is 0 Å². The van der Waals surface area contributed by atoms with Crippen molar-refractivity contribution in [3.8, 4) is 0 Å². The second kappa shape index (κ2) is 7.66. The molecule has 0 N–H and O–H groups in total. The Balaban J connectivity index is 1.82. The molecule has 0 saturated heterocycles. The Labute approximate surface area is 154 Å². The molecular formula is C24H36O. The summed E-state index contributed by atoms with van der Waals surface area (Å²) in [4.78, 5) is 0. The normalized spacial score (nSPS) is 26.4. The summed E-state index contributed by atoms with van der Waals surface area (Å²) in [5.41, 5.74) is 5.59. The van der Waals surface area contributed by atoms with Crippen molar-refractivity contribution in [2.24, 2.45) is 0 Å². The molecule has 1 aromatic rings. The smallest absolute Gasteiger partial charge is 0.111 e. The van der Waals surface area contributed by atoms with E-state index in [2.05, 4.69) is 52.0 Å². The molecule has 0 spiro atoms. The van der Waals surface area contributed by atoms with Gasteiger partial charge in [0.25, 0.3) is 0 Å². The molecule has 2 aliphatic rings. The molecule has 25 heavy (non-hydrogen) atoms. The van der Waals surface area contributed by atoms with Crippen molar-refractivity contribution >= 4 is 0 Å². The van der Waals surface area contributed by atoms with Crippen LogP contribution >= 0.6 is 0 Å². The summed E-state index contributed by atoms with van der Waals surface area (Å²) in [6.45, 7) is 9.03. The van der Waals surface area contributed by atoms with E-state index in [1.807, 2.05) is 0 Å². The van der Waals surface area contributed by atoms with E-state index in [0.29, 0.717) is 0 Å². The van der Waals surface area contributed by atoms with E-state index in [9.17, 15) is 0 Å². The monoisotopic (exact) mass is 340 g/mol. The summed E-state index contributed by atoms with van der Waals surface area (Å²) in [5.74, 6) is 0. The summed E-state index contributed by atoms with van der Waals surface area (Å²) in [7, 11) is 0. The van der Waals surface area contributed by atoms with Gasteiger partial charge in [-0.1, -0.05) is 64.5 Å². The molecular weight excluding hydrogens is 304 g/mol. The second-order valence-corrected chi connectivity index (χ2v) is 8.44. The lowest BCUT2D eigenvalue weighted by Gasteiger charge is -2.21. The fourth-order valence-electron chi connectivity index (χ4n) is 4.58. The lowest BCUT2D eigenvalue weighted by Crippen LogP contribution is -2.17. The van der Waals surface area contributed by atoms with Gasteiger partial charge < -0.3 is 4.74 Å². The van der Waals surface area contributed by atoms with Gasteiger partial charge in [0.05, 0.1) is 0 Å². The summed E-state index contributed by atoms with van der Waals surface area (Å²) >= 11 is 0. The van der Waals surface area contributed by atoms with Gasteiger partial charge >= 0.3 is 0 Å². The lowest BCUT2D eigenvalue weighted by atomic mass is 9.80. The zero-order valence-electron chi connectivity index (χ0n) is 16.8. The van der Waals surface area contributed by atoms with Crippen LogP contribution in [0.4, 0.5) is 0 Å². The number of hydrogen-bond donors (Lipinski definition) is 0. The minimum Gasteiger partial charge on any atom is -0.351 e. The first-order chi connectivity index (χ1) is 12.0. The summed E-state index contributed by atoms with van der Waals surface area (Å²) < 4.78 is 6.40. The quantitative estimate of drug-likeness (QED) is 0.330. The fourth-order valence-corrected chi connectivity index (χ4v) is 4.58. The highest BCUT2D eigenvalue weighted by molar-refractivity contribution is 5.54. The number of fused-ring (bicyclic) bond motifs is 5. The molecule has 3 rings (SSSR count). The SMILES string of the molecule is CCCCCCc1cc2c(cc1CCCCCC)C1(C)C=CC2(C)O1. The van der Waals surface area contributed by atoms with Gasteiger partial charge in [-0.2, -0.15) is 0 Å². The molecule has 0 aliphatic carbocycles. The highest BCUT2D eigenvalue weighted by atomic mass is 16.5. The number of ether oxygens (including phenoxy) is 1. The Kier molecular flexibility index (Phi) is 5.73. The molecule has 0 radical (unpaired) electrons. The molecule has 0 aromatic heterocycles. The summed E-state index contributed by atoms with van der Waals surface area (Å²) in [6.07, 6.45) is 17.7. The third-order valence-electron chi connectivity index (χ3n) is 6.15. The zero-order valence-corrected chi connectivity index (χ0v) is 16.8. The van der Waals surface area contributed by atoms with Crippen LogP contribution in [-0.2, 0) is 28.8 Å². The van der Waals surface area contributed by atoms with Crippen molar-refractivity contribution in [2.75, 3.05) is 0 Å². The van der Waals surface area contributed by atoms with Crippen LogP contribution in [0.25, 0.3) is 0 Å². The molecule has 1 nitrogen and oxygen atoms in total. The Morgan fingerprint density at radius 2 is 1.12 bits per heavy atom. The van der Waals surface area contributed by atoms with Crippen LogP contribution in [0, 0.1) is 0 Å². The van der Waals surface area contributed by atoms with E-state index in [1.54, 1.807) is 11.1 Å². The van der Waals surface area contributed by atoms with Crippen LogP contribution in [0.1, 0.15) is 101 Å². The van der Waals surface area contributed by atoms with Crippen molar-refractivity contribution in [1.29, 1.82) is 0 Å². The van der Waals surface area contributed by atoms with E-state index in [4.69, 9.17) is 4.74 Å². The van der Waals surface area contributed by atoms with Gasteiger partial charge in [-0.25, -0.2) is 0 Å². The van der Waals surface area contributed by atoms with Crippen LogP contribution in [0.15, 0.2) is 24.3 Å². The van der Waals surface area contributed by atoms with Gasteiger partial charge in [0, 0.05) is 0 Å². The van der Waals surface area contributed by atoms with E-state index in [-0.39, 0.29) is 11.2 Å². The first-order valence-electron chi connectivity index (χ1n) is 10.6. The van der Waals surface area contributed by atoms with Gasteiger partial charge in [0.15, 0.2) is 0 Å². The summed E-state index contributed by atoms with van der Waals surface area (Å²) in [5, 5.41) is 0. The van der Waals surface area contributed by atoms with Crippen LogP contribution in [0.5, 0.6) is 0 Å². The van der Waals surface area contributed by atoms with Gasteiger partial charge in [0.1, 0.15) is 11.2 Å². The molecule has 1 heteroatoms. The molecule has 2 atom stereocenters. The lowest BCUT2D eigenvalue weighted by molar-refractivity contribution is -0.0495. The number of unbranched alkanes of at least 4 members (excludes halogenated alkanes) is 6. The average molecular weight is 341 g/mol. The fraction of sp³-hybridized carbons (Fsp3) is 0.667. The number of rotatable bonds is 10. The van der Waals surface area contributed by atoms with Gasteiger partial charge in [-0.15, -0.1) is 0 Å². The maximum atomic E-state index is 6.40. The Bertz CT molecular complexity index is 576. The molecule has 2 unspecified atom stereocenters. The van der Waals surface area contributed by atoms with E-state index in [1.165, 1.54) is 75.3 Å². The average Bonchev–Trinajstić information content (AvgIpc) is 3.03. The molecule has 1 aromatic carbocycles. The standard InChI is InChI=1S/C24H36O/c1-5-7-9-11-13-19-17-21-22(18-20(19)14-12-10-8-6-2)24(4)16-15-23(21,3)25-24/h15-18H,5-14H2,1-4H3. The Morgan fingerprint density at radius 3 is 1.52 bits per heavy atom. The highest BCUT2D eigenvalue weighted by Gasteiger charge is 2.50. The molecule has 0 saturated carbocycles. The van der Waals surface area contributed by atoms with E-state index < -0.39 is 0 Å². The van der Waals surface area contributed by atoms with Crippen molar-refractivity contribution < 1.29 is 4.74 Å². The highest BCUT2D eigenvalue weighted by Crippen LogP contribution is 2.54. The Hall–Kier alpha value is -1.08. The van der Waals surface area contributed by atoms with Crippen LogP contribution in [-0.4, -0.2) is 0 Å². The van der Waals surface area contributed by atoms with Crippen molar-refractivity contribution in [1.82, 2.24) is 0 Å². The van der Waals surface area contributed by atoms with Gasteiger partial charge in [0.2, 0.25) is 0 Å². The van der Waals surface area contributed by atoms with Crippen LogP contribution < -0.4 is 0 Å². The number of hydrogen-bond acceptors (Lipinski definition) is 1. The molecule has 0 amide bonds. The molecule has 0 fully saturated rings. The third kappa shape index (κ3) is 3.72. The van der Waals surface area contributed by atoms with E-state index >= 15 is 0 Å². The minimum absolute atomic E-state index is 0.205. The largest absolute Gasteiger partial charge is 0.351 e. The number of benzene rings is 1. The van der Waals surface area contributed by atoms with Crippen LogP contribution in [0.2, 0.25) is 0 Å². The van der Waals surface area contributed by atoms with Crippen molar-refractivity contribution in [3.63, 3.8) is 0 Å². The predicted molar refractivity (Wildman–Crippen MR) is 107 cm³/mol. The second-order valence-electron chi connectivity index (χ2n) is 8.44. The van der Waals surface area contributed by atoms with E-state index in [0.717, 1.165) is 0 Å². The Morgan fingerprint density at radius 1 is 0.680 bits per heavy atom. The number of aryl methyl sites for hydroxylation is 2.